The van der Waals surface area contributed by atoms with Crippen molar-refractivity contribution in [2.24, 2.45) is 5.73 Å². The van der Waals surface area contributed by atoms with Gasteiger partial charge in [-0.1, -0.05) is 12.1 Å². The van der Waals surface area contributed by atoms with Crippen LogP contribution in [0.4, 0.5) is 13.2 Å². The largest absolute Gasteiger partial charge is 0.416 e. The fourth-order valence-electron chi connectivity index (χ4n) is 1.10. The minimum absolute atomic E-state index is 0.617. The highest BCUT2D eigenvalue weighted by molar-refractivity contribution is 8.02. The van der Waals surface area contributed by atoms with Crippen molar-refractivity contribution >= 4 is 11.8 Å². The Morgan fingerprint density at radius 3 is 2.12 bits per heavy atom. The molecular weight excluding hydrogens is 247 g/mol. The first-order valence-corrected chi connectivity index (χ1v) is 6.01. The first kappa shape index (κ1) is 14.0. The van der Waals surface area contributed by atoms with E-state index in [0.29, 0.717) is 5.75 Å². The molecule has 0 bridgehead atoms. The van der Waals surface area contributed by atoms with Crippen LogP contribution in [0.3, 0.4) is 0 Å². The minimum atomic E-state index is -4.27. The predicted octanol–water partition coefficient (Wildman–Crippen LogP) is 4.15. The Balaban J connectivity index is 2.67. The van der Waals surface area contributed by atoms with Crippen LogP contribution in [0.5, 0.6) is 0 Å². The molecule has 1 rings (SSSR count). The fourth-order valence-corrected chi connectivity index (χ4v) is 1.90. The highest BCUT2D eigenvalue weighted by Gasteiger charge is 2.29. The summed E-state index contributed by atoms with van der Waals surface area (Å²) in [6.07, 6.45) is -4.27. The number of alkyl halides is 3. The fraction of sp³-hybridized carbons (Fsp3) is 0.333. The summed E-state index contributed by atoms with van der Waals surface area (Å²) in [4.78, 5) is 0.991. The molecule has 1 nitrogen and oxygen atoms in total. The highest BCUT2D eigenvalue weighted by atomic mass is 32.2. The van der Waals surface area contributed by atoms with Gasteiger partial charge in [0.25, 0.3) is 0 Å². The van der Waals surface area contributed by atoms with Crippen LogP contribution in [0, 0.1) is 0 Å². The van der Waals surface area contributed by atoms with Gasteiger partial charge < -0.3 is 5.73 Å². The first-order valence-electron chi connectivity index (χ1n) is 5.02. The van der Waals surface area contributed by atoms with Crippen molar-refractivity contribution in [1.29, 1.82) is 0 Å². The highest BCUT2D eigenvalue weighted by Crippen LogP contribution is 2.30. The molecule has 94 valence electrons. The number of nitrogens with two attached hydrogens (primary N) is 1. The Morgan fingerprint density at radius 1 is 1.18 bits per heavy atom. The van der Waals surface area contributed by atoms with Crippen LogP contribution in [0.2, 0.25) is 0 Å². The zero-order valence-electron chi connectivity index (χ0n) is 9.64. The summed E-state index contributed by atoms with van der Waals surface area (Å²) in [6, 6.07) is 5.19. The second kappa shape index (κ2) is 5.49. The average Bonchev–Trinajstić information content (AvgIpc) is 2.25. The van der Waals surface area contributed by atoms with Gasteiger partial charge >= 0.3 is 6.18 Å². The summed E-state index contributed by atoms with van der Waals surface area (Å²) in [5.41, 5.74) is 6.56. The molecule has 0 fully saturated rings. The molecule has 5 heteroatoms. The molecular formula is C12H14F3NS. The summed E-state index contributed by atoms with van der Waals surface area (Å²) in [5.74, 6) is 0.624. The SMILES string of the molecule is C/C(N)=C(\C)SCc1ccc(C(F)(F)F)cc1. The molecule has 0 spiro atoms. The quantitative estimate of drug-likeness (QED) is 0.884. The van der Waals surface area contributed by atoms with Gasteiger partial charge in [0.05, 0.1) is 5.56 Å². The Hall–Kier alpha value is -1.10. The molecule has 0 aliphatic carbocycles. The van der Waals surface area contributed by atoms with E-state index < -0.39 is 11.7 Å². The van der Waals surface area contributed by atoms with Crippen molar-refractivity contribution in [2.75, 3.05) is 0 Å². The summed E-state index contributed by atoms with van der Waals surface area (Å²) in [5, 5.41) is 0. The lowest BCUT2D eigenvalue weighted by Crippen LogP contribution is -2.04. The maximum Gasteiger partial charge on any atom is 0.416 e. The molecule has 1 aromatic carbocycles. The molecule has 0 atom stereocenters. The summed E-state index contributed by atoms with van der Waals surface area (Å²) >= 11 is 1.52. The number of hydrogen-bond donors (Lipinski definition) is 1. The Kier molecular flexibility index (Phi) is 4.51. The number of rotatable bonds is 3. The van der Waals surface area contributed by atoms with Crippen molar-refractivity contribution in [3.8, 4) is 0 Å². The molecule has 0 aliphatic heterocycles. The van der Waals surface area contributed by atoms with Crippen molar-refractivity contribution in [3.05, 3.63) is 46.0 Å². The van der Waals surface area contributed by atoms with Gasteiger partial charge in [0.1, 0.15) is 0 Å². The maximum absolute atomic E-state index is 12.3. The molecule has 2 N–H and O–H groups in total. The Morgan fingerprint density at radius 2 is 1.71 bits per heavy atom. The average molecular weight is 261 g/mol. The third-order valence-corrected chi connectivity index (χ3v) is 3.52. The van der Waals surface area contributed by atoms with E-state index in [1.165, 1.54) is 23.9 Å². The van der Waals surface area contributed by atoms with Crippen LogP contribution < -0.4 is 5.73 Å². The summed E-state index contributed by atoms with van der Waals surface area (Å²) in [6.45, 7) is 3.69. The molecule has 17 heavy (non-hydrogen) atoms. The Labute approximate surface area is 103 Å². The van der Waals surface area contributed by atoms with Gasteiger partial charge in [-0.3, -0.25) is 0 Å². The number of allylic oxidation sites excluding steroid dienone is 2. The van der Waals surface area contributed by atoms with Crippen molar-refractivity contribution in [2.45, 2.75) is 25.8 Å². The van der Waals surface area contributed by atoms with Crippen LogP contribution in [-0.2, 0) is 11.9 Å². The summed E-state index contributed by atoms with van der Waals surface area (Å²) < 4.78 is 36.9. The molecule has 0 heterocycles. The van der Waals surface area contributed by atoms with Gasteiger partial charge in [0.15, 0.2) is 0 Å². The first-order chi connectivity index (χ1) is 7.80. The van der Waals surface area contributed by atoms with E-state index in [1.54, 1.807) is 6.92 Å². The van der Waals surface area contributed by atoms with E-state index in [2.05, 4.69) is 0 Å². The van der Waals surface area contributed by atoms with Crippen molar-refractivity contribution in [3.63, 3.8) is 0 Å². The molecule has 1 aromatic rings. The predicted molar refractivity (Wildman–Crippen MR) is 65.3 cm³/mol. The van der Waals surface area contributed by atoms with E-state index in [1.807, 2.05) is 6.92 Å². The van der Waals surface area contributed by atoms with Crippen LogP contribution in [0.1, 0.15) is 25.0 Å². The Bertz CT molecular complexity index is 403. The van der Waals surface area contributed by atoms with Crippen LogP contribution in [0.15, 0.2) is 34.9 Å². The zero-order valence-corrected chi connectivity index (χ0v) is 10.5. The third kappa shape index (κ3) is 4.34. The normalized spacial score (nSPS) is 13.5. The molecule has 0 aliphatic rings. The lowest BCUT2D eigenvalue weighted by atomic mass is 10.1. The lowest BCUT2D eigenvalue weighted by molar-refractivity contribution is -0.137. The zero-order chi connectivity index (χ0) is 13.1. The molecule has 0 amide bonds. The second-order valence-corrected chi connectivity index (χ2v) is 4.91. The molecule has 0 unspecified atom stereocenters. The smallest absolute Gasteiger partial charge is 0.402 e. The van der Waals surface area contributed by atoms with E-state index in [4.69, 9.17) is 5.73 Å². The van der Waals surface area contributed by atoms with E-state index in [0.717, 1.165) is 28.3 Å². The molecule has 0 radical (unpaired) electrons. The van der Waals surface area contributed by atoms with Crippen LogP contribution >= 0.6 is 11.8 Å². The van der Waals surface area contributed by atoms with Gasteiger partial charge in [-0.25, -0.2) is 0 Å². The van der Waals surface area contributed by atoms with Gasteiger partial charge in [-0.05, 0) is 31.5 Å². The van der Waals surface area contributed by atoms with Crippen LogP contribution in [-0.4, -0.2) is 0 Å². The van der Waals surface area contributed by atoms with Crippen molar-refractivity contribution in [1.82, 2.24) is 0 Å². The second-order valence-electron chi connectivity index (χ2n) is 3.72. The number of hydrogen-bond acceptors (Lipinski definition) is 2. The molecule has 0 saturated heterocycles. The molecule has 0 saturated carbocycles. The van der Waals surface area contributed by atoms with Crippen LogP contribution in [0.25, 0.3) is 0 Å². The van der Waals surface area contributed by atoms with E-state index in [-0.39, 0.29) is 0 Å². The van der Waals surface area contributed by atoms with Gasteiger partial charge in [-0.2, -0.15) is 13.2 Å². The van der Waals surface area contributed by atoms with Crippen molar-refractivity contribution < 1.29 is 13.2 Å². The lowest BCUT2D eigenvalue weighted by Gasteiger charge is -2.08. The summed E-state index contributed by atoms with van der Waals surface area (Å²) in [7, 11) is 0. The maximum atomic E-state index is 12.3. The monoisotopic (exact) mass is 261 g/mol. The standard InChI is InChI=1S/C12H14F3NS/c1-8(16)9(2)17-7-10-3-5-11(6-4-10)12(13,14)15/h3-6H,7,16H2,1-2H3/b9-8-. The van der Waals surface area contributed by atoms with Gasteiger partial charge in [-0.15, -0.1) is 11.8 Å². The van der Waals surface area contributed by atoms with E-state index >= 15 is 0 Å². The number of thioether (sulfide) groups is 1. The van der Waals surface area contributed by atoms with E-state index in [9.17, 15) is 13.2 Å². The number of benzene rings is 1. The molecule has 0 aromatic heterocycles. The minimum Gasteiger partial charge on any atom is -0.402 e. The van der Waals surface area contributed by atoms with Gasteiger partial charge in [0, 0.05) is 16.4 Å². The topological polar surface area (TPSA) is 26.0 Å². The third-order valence-electron chi connectivity index (χ3n) is 2.29. The number of halogens is 3. The van der Waals surface area contributed by atoms with Gasteiger partial charge in [0.2, 0.25) is 0 Å².